The quantitative estimate of drug-likeness (QED) is 0.130. The summed E-state index contributed by atoms with van der Waals surface area (Å²) in [7, 11) is 3.26. The number of hydrogen-bond acceptors (Lipinski definition) is 9. The van der Waals surface area contributed by atoms with Crippen LogP contribution in [0.25, 0.3) is 33.3 Å². The van der Waals surface area contributed by atoms with E-state index in [1.165, 1.54) is 16.0 Å². The van der Waals surface area contributed by atoms with Crippen molar-refractivity contribution in [2.24, 2.45) is 17.3 Å². The first-order valence-electron chi connectivity index (χ1n) is 22.9. The molecule has 4 amide bonds. The predicted octanol–water partition coefficient (Wildman–Crippen LogP) is 6.27. The number of amides is 4. The second-order valence-electron chi connectivity index (χ2n) is 18.9. The second kappa shape index (κ2) is 19.5. The van der Waals surface area contributed by atoms with Gasteiger partial charge in [-0.05, 0) is 103 Å². The van der Waals surface area contributed by atoms with Crippen molar-refractivity contribution in [1.82, 2.24) is 30.1 Å². The molecule has 0 radical (unpaired) electrons. The van der Waals surface area contributed by atoms with E-state index in [0.29, 0.717) is 50.9 Å². The highest BCUT2D eigenvalue weighted by Gasteiger charge is 2.40. The number of ether oxygens (including phenoxy) is 2. The predicted molar refractivity (Wildman–Crippen MR) is 250 cm³/mol. The molecule has 346 valence electrons. The van der Waals surface area contributed by atoms with Gasteiger partial charge in [-0.25, -0.2) is 5.43 Å². The number of nitrogens with zero attached hydrogens (tertiary/aromatic N) is 4. The molecule has 4 heterocycles. The van der Waals surface area contributed by atoms with E-state index in [-0.39, 0.29) is 55.4 Å². The molecular formula is C51H64N6O8. The zero-order valence-electron chi connectivity index (χ0n) is 38.8. The first kappa shape index (κ1) is 46.8. The van der Waals surface area contributed by atoms with E-state index >= 15 is 0 Å². The van der Waals surface area contributed by atoms with Crippen molar-refractivity contribution in [3.05, 3.63) is 84.4 Å². The molecule has 2 fully saturated rings. The van der Waals surface area contributed by atoms with Gasteiger partial charge in [0.15, 0.2) is 0 Å². The largest absolute Gasteiger partial charge is 0.508 e. The summed E-state index contributed by atoms with van der Waals surface area (Å²) >= 11 is 0. The summed E-state index contributed by atoms with van der Waals surface area (Å²) in [5.74, 6) is -1.88. The van der Waals surface area contributed by atoms with Gasteiger partial charge in [0, 0.05) is 67.6 Å². The van der Waals surface area contributed by atoms with Gasteiger partial charge in [0.05, 0.1) is 31.7 Å². The van der Waals surface area contributed by atoms with Crippen LogP contribution in [-0.4, -0.2) is 113 Å². The number of cyclic esters (lactones) is 1. The fraction of sp³-hybridized carbons (Fsp3) is 0.471. The lowest BCUT2D eigenvalue weighted by atomic mass is 9.84. The lowest BCUT2D eigenvalue weighted by Gasteiger charge is -2.37. The van der Waals surface area contributed by atoms with Crippen LogP contribution >= 0.6 is 0 Å². The number of para-hydroxylation sites is 1. The van der Waals surface area contributed by atoms with Crippen LogP contribution in [0, 0.1) is 17.3 Å². The number of carbonyl (C=O) groups excluding carboxylic acids is 5. The van der Waals surface area contributed by atoms with Crippen LogP contribution in [0.2, 0.25) is 0 Å². The zero-order valence-corrected chi connectivity index (χ0v) is 38.8. The lowest BCUT2D eigenvalue weighted by Crippen LogP contribution is -2.61. The van der Waals surface area contributed by atoms with Crippen molar-refractivity contribution in [3.63, 3.8) is 0 Å². The lowest BCUT2D eigenvalue weighted by molar-refractivity contribution is -0.150. The van der Waals surface area contributed by atoms with E-state index in [2.05, 4.69) is 60.9 Å². The van der Waals surface area contributed by atoms with E-state index in [1.807, 2.05) is 44.2 Å². The van der Waals surface area contributed by atoms with Gasteiger partial charge < -0.3 is 34.3 Å². The van der Waals surface area contributed by atoms with Crippen molar-refractivity contribution in [1.29, 1.82) is 0 Å². The number of likely N-dealkylation sites (tertiary alicyclic amines) is 1. The summed E-state index contributed by atoms with van der Waals surface area (Å²) in [6, 6.07) is 17.0. The van der Waals surface area contributed by atoms with Gasteiger partial charge in [0.1, 0.15) is 23.6 Å². The van der Waals surface area contributed by atoms with E-state index < -0.39 is 41.3 Å². The summed E-state index contributed by atoms with van der Waals surface area (Å²) in [5, 5.41) is 16.8. The Bertz CT molecular complexity index is 2480. The standard InChI is InChI=1S/C51H64N6O8/c1-9-44(59)55-21-19-34(29-55)49(62)54(7)46(31(3)4)48(61)52-41-24-32-22-35(25-37(58)23-32)33-17-18-42-39(26-33)40(47(56(42)10-2)38-15-11-12-16-43(38)64-8)28-51(5,6)30-65-45(60)27-36-14-13-20-57(53-36)50(41)63/h9,11-12,15-18,22-23,25-26,31,34,36,41,46,53,58H,1,10,13-14,19-21,24,27-30H2,2-8H3,(H,52,61)/t34-,36-,41-,46?/m0/s1. The maximum absolute atomic E-state index is 14.7. The number of aromatic nitrogens is 1. The third-order valence-corrected chi connectivity index (χ3v) is 13.1. The number of esters is 1. The summed E-state index contributed by atoms with van der Waals surface area (Å²) in [4.78, 5) is 72.0. The number of phenolic OH excluding ortho intramolecular Hbond substituents is 1. The number of hydrogen-bond donors (Lipinski definition) is 3. The fourth-order valence-corrected chi connectivity index (χ4v) is 9.97. The third-order valence-electron chi connectivity index (χ3n) is 13.1. The molecular weight excluding hydrogens is 825 g/mol. The van der Waals surface area contributed by atoms with Crippen LogP contribution < -0.4 is 15.5 Å². The molecule has 14 heteroatoms. The van der Waals surface area contributed by atoms with Crippen molar-refractivity contribution in [2.45, 2.75) is 97.8 Å². The highest BCUT2D eigenvalue weighted by molar-refractivity contribution is 5.96. The highest BCUT2D eigenvalue weighted by Crippen LogP contribution is 2.43. The minimum Gasteiger partial charge on any atom is -0.508 e. The molecule has 14 nitrogen and oxygen atoms in total. The van der Waals surface area contributed by atoms with Gasteiger partial charge >= 0.3 is 5.97 Å². The summed E-state index contributed by atoms with van der Waals surface area (Å²) < 4.78 is 14.2. The van der Waals surface area contributed by atoms with Gasteiger partial charge in [-0.3, -0.25) is 29.0 Å². The van der Waals surface area contributed by atoms with Crippen molar-refractivity contribution < 1.29 is 38.6 Å². The Labute approximate surface area is 381 Å². The Kier molecular flexibility index (Phi) is 14.1. The average molecular weight is 889 g/mol. The minimum atomic E-state index is -1.12. The van der Waals surface area contributed by atoms with Crippen molar-refractivity contribution in [2.75, 3.05) is 40.4 Å². The SMILES string of the molecule is C=CC(=O)N1CC[C@H](C(=O)N(C)C(C(=O)N[C@H]2Cc3cc(O)cc(c3)-c3ccc4c(c3)c(c(-c3ccccc3OC)n4CC)CC(C)(C)COC(=O)C[C@@H]3CCCN(N3)C2=O)C(C)C)C1. The number of carbonyl (C=O) groups is 5. The molecule has 0 spiro atoms. The minimum absolute atomic E-state index is 0.000892. The number of benzene rings is 3. The number of rotatable bonds is 9. The molecule has 65 heavy (non-hydrogen) atoms. The van der Waals surface area contributed by atoms with Crippen LogP contribution in [0.1, 0.15) is 71.4 Å². The Morgan fingerprint density at radius 1 is 1.05 bits per heavy atom. The molecule has 3 aliphatic rings. The molecule has 0 saturated carbocycles. The molecule has 7 rings (SSSR count). The fourth-order valence-electron chi connectivity index (χ4n) is 9.97. The van der Waals surface area contributed by atoms with E-state index in [9.17, 15) is 29.1 Å². The van der Waals surface area contributed by atoms with Gasteiger partial charge in [-0.1, -0.05) is 58.5 Å². The van der Waals surface area contributed by atoms with Gasteiger partial charge in [0.25, 0.3) is 5.91 Å². The number of aromatic hydroxyl groups is 1. The summed E-state index contributed by atoms with van der Waals surface area (Å²) in [6.07, 6.45) is 3.58. The van der Waals surface area contributed by atoms with Gasteiger partial charge in [-0.2, -0.15) is 0 Å². The maximum atomic E-state index is 14.7. The topological polar surface area (TPSA) is 163 Å². The van der Waals surface area contributed by atoms with Crippen LogP contribution in [0.15, 0.2) is 73.3 Å². The van der Waals surface area contributed by atoms with Crippen LogP contribution in [0.3, 0.4) is 0 Å². The number of likely N-dealkylation sites (N-methyl/N-ethyl adjacent to an activating group) is 1. The van der Waals surface area contributed by atoms with E-state index in [0.717, 1.165) is 44.6 Å². The Morgan fingerprint density at radius 2 is 1.82 bits per heavy atom. The number of fused-ring (bicyclic) bond motifs is 6. The number of phenols is 1. The zero-order chi connectivity index (χ0) is 46.7. The molecule has 3 aromatic carbocycles. The molecule has 4 atom stereocenters. The first-order valence-corrected chi connectivity index (χ1v) is 22.9. The molecule has 3 aliphatic heterocycles. The Hall–Kier alpha value is -6.15. The molecule has 0 aliphatic carbocycles. The number of methoxy groups -OCH3 is 1. The first-order chi connectivity index (χ1) is 31.0. The van der Waals surface area contributed by atoms with Crippen molar-refractivity contribution >= 4 is 40.5 Å². The number of nitrogens with one attached hydrogen (secondary N) is 2. The summed E-state index contributed by atoms with van der Waals surface area (Å²) in [5.41, 5.74) is 9.01. The molecule has 1 unspecified atom stereocenters. The van der Waals surface area contributed by atoms with Crippen molar-refractivity contribution in [3.8, 4) is 33.9 Å². The molecule has 4 aromatic rings. The number of aryl methyl sites for hydroxylation is 1. The molecule has 1 aromatic heterocycles. The maximum Gasteiger partial charge on any atom is 0.307 e. The van der Waals surface area contributed by atoms with Crippen LogP contribution in [0.5, 0.6) is 11.5 Å². The van der Waals surface area contributed by atoms with Crippen LogP contribution in [-0.2, 0) is 48.1 Å². The summed E-state index contributed by atoms with van der Waals surface area (Å²) in [6.45, 7) is 15.4. The molecule has 2 saturated heterocycles. The molecule has 3 N–H and O–H groups in total. The monoisotopic (exact) mass is 888 g/mol. The Balaban J connectivity index is 1.29. The highest BCUT2D eigenvalue weighted by atomic mass is 16.5. The average Bonchev–Trinajstić information content (AvgIpc) is 3.89. The van der Waals surface area contributed by atoms with Crippen LogP contribution in [0.4, 0.5) is 0 Å². The van der Waals surface area contributed by atoms with E-state index in [4.69, 9.17) is 9.47 Å². The normalized spacial score (nSPS) is 20.7. The third kappa shape index (κ3) is 10.1. The second-order valence-corrected chi connectivity index (χ2v) is 18.9. The smallest absolute Gasteiger partial charge is 0.307 e. The molecule has 6 bridgehead atoms. The van der Waals surface area contributed by atoms with Gasteiger partial charge in [0.2, 0.25) is 17.7 Å². The number of hydrazine groups is 1. The Morgan fingerprint density at radius 3 is 2.54 bits per heavy atom. The van der Waals surface area contributed by atoms with Gasteiger partial charge in [-0.15, -0.1) is 0 Å². The van der Waals surface area contributed by atoms with E-state index in [1.54, 1.807) is 31.2 Å².